The van der Waals surface area contributed by atoms with Gasteiger partial charge in [0.2, 0.25) is 5.91 Å². The van der Waals surface area contributed by atoms with E-state index in [0.29, 0.717) is 6.42 Å². The molecule has 0 atom stereocenters. The van der Waals surface area contributed by atoms with Crippen LogP contribution in [0.5, 0.6) is 5.75 Å². The summed E-state index contributed by atoms with van der Waals surface area (Å²) in [7, 11) is 1.71. The molecule has 0 aliphatic carbocycles. The molecule has 1 amide bonds. The second kappa shape index (κ2) is 5.81. The number of likely N-dealkylation sites (tertiary alicyclic amines) is 1. The second-order valence-corrected chi connectivity index (χ2v) is 6.88. The Morgan fingerprint density at radius 2 is 2.12 bits per heavy atom. The number of aromatic nitrogens is 1. The van der Waals surface area contributed by atoms with Crippen molar-refractivity contribution in [1.29, 1.82) is 0 Å². The van der Waals surface area contributed by atoms with Gasteiger partial charge in [0.05, 0.1) is 12.6 Å². The molecule has 4 rings (SSSR count). The molecule has 5 heteroatoms. The van der Waals surface area contributed by atoms with Crippen LogP contribution in [0, 0.1) is 0 Å². The van der Waals surface area contributed by atoms with E-state index in [1.807, 2.05) is 17.9 Å². The topological polar surface area (TPSA) is 57.4 Å². The average Bonchev–Trinajstić information content (AvgIpc) is 3.01. The number of methoxy groups -OCH3 is 1. The number of carbonyl (C=O) groups excluding carboxylic acids is 1. The highest BCUT2D eigenvalue weighted by Crippen LogP contribution is 2.40. The fourth-order valence-corrected chi connectivity index (χ4v) is 4.33. The number of fused-ring (bicyclic) bond motifs is 4. The summed E-state index contributed by atoms with van der Waals surface area (Å²) in [6, 6.07) is 6.25. The highest BCUT2D eigenvalue weighted by atomic mass is 16.5. The zero-order valence-electron chi connectivity index (χ0n) is 14.4. The number of ether oxygens (including phenoxy) is 1. The molecular weight excluding hydrogens is 302 g/mol. The van der Waals surface area contributed by atoms with Crippen molar-refractivity contribution in [2.75, 3.05) is 26.7 Å². The Bertz CT molecular complexity index is 772. The molecule has 2 aromatic rings. The van der Waals surface area contributed by atoms with E-state index < -0.39 is 0 Å². The van der Waals surface area contributed by atoms with Crippen LogP contribution < -0.4 is 10.1 Å². The van der Waals surface area contributed by atoms with Crippen LogP contribution in [0.4, 0.5) is 0 Å². The Hall–Kier alpha value is -2.01. The largest absolute Gasteiger partial charge is 0.497 e. The first-order valence-electron chi connectivity index (χ1n) is 8.89. The van der Waals surface area contributed by atoms with Crippen molar-refractivity contribution in [2.24, 2.45) is 0 Å². The van der Waals surface area contributed by atoms with E-state index in [1.165, 1.54) is 22.2 Å². The average molecular weight is 327 g/mol. The Morgan fingerprint density at radius 1 is 1.33 bits per heavy atom. The quantitative estimate of drug-likeness (QED) is 0.891. The van der Waals surface area contributed by atoms with Crippen molar-refractivity contribution in [3.63, 3.8) is 0 Å². The number of H-pyrrole nitrogens is 1. The van der Waals surface area contributed by atoms with Gasteiger partial charge < -0.3 is 19.9 Å². The second-order valence-electron chi connectivity index (χ2n) is 6.88. The molecule has 1 aromatic carbocycles. The number of hydrogen-bond acceptors (Lipinski definition) is 3. The summed E-state index contributed by atoms with van der Waals surface area (Å²) >= 11 is 0. The van der Waals surface area contributed by atoms with E-state index in [1.54, 1.807) is 7.11 Å². The zero-order chi connectivity index (χ0) is 16.7. The molecule has 128 valence electrons. The van der Waals surface area contributed by atoms with Crippen molar-refractivity contribution in [2.45, 2.75) is 38.1 Å². The Kier molecular flexibility index (Phi) is 3.76. The summed E-state index contributed by atoms with van der Waals surface area (Å²) in [6.07, 6.45) is 3.56. The number of carbonyl (C=O) groups is 1. The minimum atomic E-state index is -0.0235. The number of nitrogens with zero attached hydrogens (tertiary/aromatic N) is 1. The fraction of sp³-hybridized carbons (Fsp3) is 0.526. The lowest BCUT2D eigenvalue weighted by molar-refractivity contribution is -0.132. The molecule has 1 spiro atoms. The van der Waals surface area contributed by atoms with Gasteiger partial charge in [-0.1, -0.05) is 6.92 Å². The molecule has 24 heavy (non-hydrogen) atoms. The van der Waals surface area contributed by atoms with Gasteiger partial charge in [-0.25, -0.2) is 0 Å². The molecule has 1 aromatic heterocycles. The number of piperidine rings is 1. The monoisotopic (exact) mass is 327 g/mol. The van der Waals surface area contributed by atoms with Gasteiger partial charge in [0.25, 0.3) is 0 Å². The fourth-order valence-electron chi connectivity index (χ4n) is 4.33. The maximum atomic E-state index is 12.0. The Balaban J connectivity index is 1.70. The highest BCUT2D eigenvalue weighted by molar-refractivity contribution is 5.87. The van der Waals surface area contributed by atoms with E-state index in [2.05, 4.69) is 22.4 Å². The van der Waals surface area contributed by atoms with Gasteiger partial charge >= 0.3 is 0 Å². The first-order chi connectivity index (χ1) is 11.7. The van der Waals surface area contributed by atoms with Crippen LogP contribution >= 0.6 is 0 Å². The number of nitrogens with one attached hydrogen (secondary N) is 2. The number of amides is 1. The van der Waals surface area contributed by atoms with Crippen LogP contribution in [-0.2, 0) is 16.8 Å². The molecule has 5 nitrogen and oxygen atoms in total. The van der Waals surface area contributed by atoms with Crippen molar-refractivity contribution < 1.29 is 9.53 Å². The van der Waals surface area contributed by atoms with Gasteiger partial charge in [-0.3, -0.25) is 4.79 Å². The van der Waals surface area contributed by atoms with Gasteiger partial charge in [0, 0.05) is 42.7 Å². The summed E-state index contributed by atoms with van der Waals surface area (Å²) in [5.41, 5.74) is 3.89. The third kappa shape index (κ3) is 2.30. The lowest BCUT2D eigenvalue weighted by Crippen LogP contribution is -2.55. The zero-order valence-corrected chi connectivity index (χ0v) is 14.4. The molecule has 0 saturated carbocycles. The molecule has 1 saturated heterocycles. The smallest absolute Gasteiger partial charge is 0.222 e. The lowest BCUT2D eigenvalue weighted by atomic mass is 9.79. The molecule has 0 unspecified atom stereocenters. The number of benzene rings is 1. The molecule has 3 heterocycles. The van der Waals surface area contributed by atoms with Crippen molar-refractivity contribution in [3.8, 4) is 5.75 Å². The lowest BCUT2D eigenvalue weighted by Gasteiger charge is -2.44. The summed E-state index contributed by atoms with van der Waals surface area (Å²) in [5, 5.41) is 5.03. The maximum absolute atomic E-state index is 12.0. The van der Waals surface area contributed by atoms with E-state index in [9.17, 15) is 4.79 Å². The van der Waals surface area contributed by atoms with E-state index in [0.717, 1.165) is 44.6 Å². The standard InChI is InChI=1S/C19H25N3O2/c1-3-17(23)22-10-7-19(8-11-22)18-14(6-9-20-19)15-12-13(24-2)4-5-16(15)21-18/h4-5,12,20-21H,3,6-11H2,1-2H3. The van der Waals surface area contributed by atoms with Gasteiger partial charge in [-0.15, -0.1) is 0 Å². The molecule has 2 N–H and O–H groups in total. The Morgan fingerprint density at radius 3 is 2.83 bits per heavy atom. The van der Waals surface area contributed by atoms with Crippen molar-refractivity contribution in [3.05, 3.63) is 29.5 Å². The SMILES string of the molecule is CCC(=O)N1CCC2(CC1)NCCc1c2[nH]c2ccc(OC)cc12. The number of hydrogen-bond donors (Lipinski definition) is 2. The van der Waals surface area contributed by atoms with Crippen LogP contribution in [0.25, 0.3) is 10.9 Å². The molecule has 0 bridgehead atoms. The molecular formula is C19H25N3O2. The normalized spacial score (nSPS) is 19.5. The van der Waals surface area contributed by atoms with Gasteiger partial charge in [-0.2, -0.15) is 0 Å². The van der Waals surface area contributed by atoms with E-state index >= 15 is 0 Å². The molecule has 2 aliphatic heterocycles. The molecule has 1 fully saturated rings. The van der Waals surface area contributed by atoms with E-state index in [4.69, 9.17) is 4.74 Å². The number of aromatic amines is 1. The van der Waals surface area contributed by atoms with Gasteiger partial charge in [-0.05, 0) is 43.0 Å². The number of rotatable bonds is 2. The van der Waals surface area contributed by atoms with Gasteiger partial charge in [0.1, 0.15) is 5.75 Å². The predicted molar refractivity (Wildman–Crippen MR) is 94.3 cm³/mol. The van der Waals surface area contributed by atoms with Crippen LogP contribution in [0.1, 0.15) is 37.4 Å². The summed E-state index contributed by atoms with van der Waals surface area (Å²) in [6.45, 7) is 4.59. The first-order valence-corrected chi connectivity index (χ1v) is 8.89. The minimum absolute atomic E-state index is 0.0235. The van der Waals surface area contributed by atoms with Crippen molar-refractivity contribution >= 4 is 16.8 Å². The van der Waals surface area contributed by atoms with Crippen LogP contribution in [0.15, 0.2) is 18.2 Å². The van der Waals surface area contributed by atoms with E-state index in [-0.39, 0.29) is 11.4 Å². The maximum Gasteiger partial charge on any atom is 0.222 e. The third-order valence-electron chi connectivity index (χ3n) is 5.70. The molecule has 0 radical (unpaired) electrons. The first kappa shape index (κ1) is 15.5. The predicted octanol–water partition coefficient (Wildman–Crippen LogP) is 2.55. The van der Waals surface area contributed by atoms with Gasteiger partial charge in [0.15, 0.2) is 0 Å². The summed E-state index contributed by atoms with van der Waals surface area (Å²) in [4.78, 5) is 17.7. The molecule has 2 aliphatic rings. The Labute approximate surface area is 142 Å². The third-order valence-corrected chi connectivity index (χ3v) is 5.70. The van der Waals surface area contributed by atoms with Crippen LogP contribution in [0.2, 0.25) is 0 Å². The van der Waals surface area contributed by atoms with Crippen LogP contribution in [-0.4, -0.2) is 42.5 Å². The minimum Gasteiger partial charge on any atom is -0.497 e. The van der Waals surface area contributed by atoms with Crippen molar-refractivity contribution in [1.82, 2.24) is 15.2 Å². The summed E-state index contributed by atoms with van der Waals surface area (Å²) in [5.74, 6) is 1.17. The van der Waals surface area contributed by atoms with Crippen LogP contribution in [0.3, 0.4) is 0 Å². The highest BCUT2D eigenvalue weighted by Gasteiger charge is 2.41. The summed E-state index contributed by atoms with van der Waals surface area (Å²) < 4.78 is 5.40.